The van der Waals surface area contributed by atoms with Crippen LogP contribution >= 0.6 is 23.4 Å². The second kappa shape index (κ2) is 9.11. The Labute approximate surface area is 178 Å². The van der Waals surface area contributed by atoms with E-state index in [2.05, 4.69) is 15.2 Å². The quantitative estimate of drug-likeness (QED) is 0.359. The molecular formula is C22H19ClN4OS. The van der Waals surface area contributed by atoms with Crippen LogP contribution in [0.15, 0.2) is 78.2 Å². The molecule has 0 radical (unpaired) electrons. The number of hydrogen-bond donors (Lipinski definition) is 0. The Hall–Kier alpha value is -2.83. The number of halogens is 1. The normalized spacial score (nSPS) is 10.8. The summed E-state index contributed by atoms with van der Waals surface area (Å²) in [7, 11) is 0. The molecule has 4 rings (SSSR count). The summed E-state index contributed by atoms with van der Waals surface area (Å²) in [6.07, 6.45) is 3.53. The van der Waals surface area contributed by atoms with Gasteiger partial charge >= 0.3 is 0 Å². The van der Waals surface area contributed by atoms with Crippen LogP contribution in [-0.4, -0.2) is 26.4 Å². The average Bonchev–Trinajstić information content (AvgIpc) is 3.18. The Morgan fingerprint density at radius 1 is 1.00 bits per heavy atom. The number of benzene rings is 2. The minimum absolute atomic E-state index is 0.631. The number of thioether (sulfide) groups is 1. The van der Waals surface area contributed by atoms with E-state index in [0.29, 0.717) is 12.4 Å². The SMILES string of the molecule is CCOc1ccc(-n2c(SCc3ccccc3Cl)nnc2-c2cccnc2)cc1. The highest BCUT2D eigenvalue weighted by atomic mass is 35.5. The van der Waals surface area contributed by atoms with Gasteiger partial charge in [0.2, 0.25) is 0 Å². The van der Waals surface area contributed by atoms with Crippen LogP contribution < -0.4 is 4.74 Å². The van der Waals surface area contributed by atoms with E-state index in [-0.39, 0.29) is 0 Å². The third kappa shape index (κ3) is 4.44. The molecule has 0 aliphatic heterocycles. The zero-order valence-electron chi connectivity index (χ0n) is 15.8. The molecule has 2 aromatic carbocycles. The number of rotatable bonds is 7. The molecule has 0 saturated carbocycles. The molecule has 0 unspecified atom stereocenters. The van der Waals surface area contributed by atoms with Gasteiger partial charge in [-0.25, -0.2) is 0 Å². The number of pyridine rings is 1. The molecule has 0 bridgehead atoms. The highest BCUT2D eigenvalue weighted by Crippen LogP contribution is 2.31. The van der Waals surface area contributed by atoms with E-state index < -0.39 is 0 Å². The predicted molar refractivity (Wildman–Crippen MR) is 117 cm³/mol. The number of nitrogens with zero attached hydrogens (tertiary/aromatic N) is 4. The average molecular weight is 423 g/mol. The third-order valence-electron chi connectivity index (χ3n) is 4.27. The zero-order chi connectivity index (χ0) is 20.1. The Balaban J connectivity index is 1.71. The highest BCUT2D eigenvalue weighted by molar-refractivity contribution is 7.98. The summed E-state index contributed by atoms with van der Waals surface area (Å²) < 4.78 is 7.61. The van der Waals surface area contributed by atoms with Gasteiger partial charge in [-0.15, -0.1) is 10.2 Å². The summed E-state index contributed by atoms with van der Waals surface area (Å²) in [5.74, 6) is 2.27. The molecule has 146 valence electrons. The molecule has 4 aromatic rings. The molecular weight excluding hydrogens is 404 g/mol. The van der Waals surface area contributed by atoms with Crippen molar-refractivity contribution in [2.24, 2.45) is 0 Å². The van der Waals surface area contributed by atoms with Gasteiger partial charge in [-0.3, -0.25) is 9.55 Å². The van der Waals surface area contributed by atoms with Crippen molar-refractivity contribution in [3.8, 4) is 22.8 Å². The molecule has 0 amide bonds. The first-order valence-electron chi connectivity index (χ1n) is 9.21. The molecule has 0 fully saturated rings. The molecule has 2 heterocycles. The Bertz CT molecular complexity index is 1080. The molecule has 0 atom stereocenters. The van der Waals surface area contributed by atoms with Gasteiger partial charge in [0.15, 0.2) is 11.0 Å². The predicted octanol–water partition coefficient (Wildman–Crippen LogP) is 5.67. The molecule has 0 aliphatic rings. The molecule has 2 aromatic heterocycles. The summed E-state index contributed by atoms with van der Waals surface area (Å²) in [5.41, 5.74) is 2.92. The first-order valence-corrected chi connectivity index (χ1v) is 10.6. The molecule has 0 N–H and O–H groups in total. The van der Waals surface area contributed by atoms with Crippen LogP contribution in [0.3, 0.4) is 0 Å². The van der Waals surface area contributed by atoms with Crippen LogP contribution in [-0.2, 0) is 5.75 Å². The largest absolute Gasteiger partial charge is 0.494 e. The molecule has 0 aliphatic carbocycles. The van der Waals surface area contributed by atoms with E-state index in [1.54, 1.807) is 24.2 Å². The van der Waals surface area contributed by atoms with E-state index in [1.807, 2.05) is 72.2 Å². The van der Waals surface area contributed by atoms with Crippen LogP contribution in [0.4, 0.5) is 0 Å². The lowest BCUT2D eigenvalue weighted by Crippen LogP contribution is -2.00. The van der Waals surface area contributed by atoms with Crippen LogP contribution in [0.5, 0.6) is 5.75 Å². The van der Waals surface area contributed by atoms with Gasteiger partial charge < -0.3 is 4.74 Å². The maximum atomic E-state index is 6.32. The monoisotopic (exact) mass is 422 g/mol. The first-order chi connectivity index (χ1) is 14.3. The molecule has 29 heavy (non-hydrogen) atoms. The van der Waals surface area contributed by atoms with E-state index in [1.165, 1.54) is 0 Å². The van der Waals surface area contributed by atoms with E-state index in [9.17, 15) is 0 Å². The number of aromatic nitrogens is 4. The molecule has 0 saturated heterocycles. The zero-order valence-corrected chi connectivity index (χ0v) is 17.4. The van der Waals surface area contributed by atoms with Crippen molar-refractivity contribution in [1.82, 2.24) is 19.7 Å². The Kier molecular flexibility index (Phi) is 6.12. The maximum absolute atomic E-state index is 6.32. The summed E-state index contributed by atoms with van der Waals surface area (Å²) in [5, 5.41) is 10.4. The van der Waals surface area contributed by atoms with Crippen molar-refractivity contribution in [2.75, 3.05) is 6.61 Å². The van der Waals surface area contributed by atoms with Crippen LogP contribution in [0, 0.1) is 0 Å². The van der Waals surface area contributed by atoms with Crippen LogP contribution in [0.2, 0.25) is 5.02 Å². The lowest BCUT2D eigenvalue weighted by atomic mass is 10.2. The van der Waals surface area contributed by atoms with Crippen molar-refractivity contribution >= 4 is 23.4 Å². The number of ether oxygens (including phenoxy) is 1. The van der Waals surface area contributed by atoms with E-state index >= 15 is 0 Å². The van der Waals surface area contributed by atoms with Crippen molar-refractivity contribution < 1.29 is 4.74 Å². The second-order valence-corrected chi connectivity index (χ2v) is 7.54. The minimum atomic E-state index is 0.631. The first kappa shape index (κ1) is 19.5. The van der Waals surface area contributed by atoms with Crippen LogP contribution in [0.1, 0.15) is 12.5 Å². The van der Waals surface area contributed by atoms with Gasteiger partial charge in [0.05, 0.1) is 6.61 Å². The summed E-state index contributed by atoms with van der Waals surface area (Å²) in [6, 6.07) is 19.6. The van der Waals surface area contributed by atoms with Gasteiger partial charge in [-0.2, -0.15) is 0 Å². The van der Waals surface area contributed by atoms with Crippen molar-refractivity contribution in [1.29, 1.82) is 0 Å². The summed E-state index contributed by atoms with van der Waals surface area (Å²) >= 11 is 7.91. The third-order valence-corrected chi connectivity index (χ3v) is 5.62. The Morgan fingerprint density at radius 2 is 1.83 bits per heavy atom. The summed E-state index contributed by atoms with van der Waals surface area (Å²) in [6.45, 7) is 2.60. The lowest BCUT2D eigenvalue weighted by molar-refractivity contribution is 0.340. The van der Waals surface area contributed by atoms with Gasteiger partial charge in [-0.05, 0) is 55.0 Å². The fraction of sp³-hybridized carbons (Fsp3) is 0.136. The van der Waals surface area contributed by atoms with Gasteiger partial charge in [0, 0.05) is 34.4 Å². The van der Waals surface area contributed by atoms with E-state index in [0.717, 1.165) is 38.6 Å². The standard InChI is InChI=1S/C22H19ClN4OS/c1-2-28-19-11-9-18(10-12-19)27-21(16-7-5-13-24-14-16)25-26-22(27)29-15-17-6-3-4-8-20(17)23/h3-14H,2,15H2,1H3. The lowest BCUT2D eigenvalue weighted by Gasteiger charge is -2.11. The minimum Gasteiger partial charge on any atom is -0.494 e. The topological polar surface area (TPSA) is 52.8 Å². The molecule has 5 nitrogen and oxygen atoms in total. The van der Waals surface area contributed by atoms with Crippen molar-refractivity contribution in [2.45, 2.75) is 17.8 Å². The Morgan fingerprint density at radius 3 is 2.55 bits per heavy atom. The highest BCUT2D eigenvalue weighted by Gasteiger charge is 2.17. The summed E-state index contributed by atoms with van der Waals surface area (Å²) in [4.78, 5) is 4.22. The van der Waals surface area contributed by atoms with Crippen molar-refractivity contribution in [3.05, 3.63) is 83.6 Å². The fourth-order valence-corrected chi connectivity index (χ4v) is 4.13. The van der Waals surface area contributed by atoms with Gasteiger partial charge in [0.25, 0.3) is 0 Å². The van der Waals surface area contributed by atoms with Crippen LogP contribution in [0.25, 0.3) is 17.1 Å². The molecule has 0 spiro atoms. The maximum Gasteiger partial charge on any atom is 0.196 e. The molecule has 7 heteroatoms. The second-order valence-electron chi connectivity index (χ2n) is 6.19. The number of hydrogen-bond acceptors (Lipinski definition) is 5. The van der Waals surface area contributed by atoms with Gasteiger partial charge in [-0.1, -0.05) is 41.6 Å². The fourth-order valence-electron chi connectivity index (χ4n) is 2.89. The van der Waals surface area contributed by atoms with E-state index in [4.69, 9.17) is 16.3 Å². The van der Waals surface area contributed by atoms with Crippen molar-refractivity contribution in [3.63, 3.8) is 0 Å². The van der Waals surface area contributed by atoms with Gasteiger partial charge in [0.1, 0.15) is 5.75 Å². The smallest absolute Gasteiger partial charge is 0.196 e.